The van der Waals surface area contributed by atoms with Crippen molar-refractivity contribution in [3.63, 3.8) is 0 Å². The molecule has 2 aliphatic heterocycles. The van der Waals surface area contributed by atoms with Gasteiger partial charge >= 0.3 is 0 Å². The number of fused-ring (bicyclic) bond motifs is 1. The predicted octanol–water partition coefficient (Wildman–Crippen LogP) is 4.07. The number of para-hydroxylation sites is 1. The lowest BCUT2D eigenvalue weighted by Gasteiger charge is -2.40. The molecule has 2 aromatic rings. The van der Waals surface area contributed by atoms with E-state index in [9.17, 15) is 4.39 Å². The molecule has 0 radical (unpaired) electrons. The molecule has 0 unspecified atom stereocenters. The molecule has 2 aromatic carbocycles. The maximum Gasteiger partial charge on any atom is 0.224 e. The molecule has 2 aliphatic rings. The number of benzene rings is 2. The molecule has 4 heteroatoms. The summed E-state index contributed by atoms with van der Waals surface area (Å²) >= 11 is 0. The number of nitrogens with zero attached hydrogens (tertiary/aromatic N) is 2. The third kappa shape index (κ3) is 1.78. The zero-order valence-electron chi connectivity index (χ0n) is 13.5. The largest absolute Gasteiger partial charge is 0.366 e. The van der Waals surface area contributed by atoms with E-state index in [1.165, 1.54) is 23.4 Å². The van der Waals surface area contributed by atoms with Gasteiger partial charge in [0.05, 0.1) is 17.5 Å². The van der Waals surface area contributed by atoms with E-state index in [-0.39, 0.29) is 11.2 Å². The first-order valence-corrected chi connectivity index (χ1v) is 7.80. The molecule has 23 heavy (non-hydrogen) atoms. The highest BCUT2D eigenvalue weighted by molar-refractivity contribution is 6.02. The monoisotopic (exact) mass is 310 g/mol. The molecule has 0 aliphatic carbocycles. The van der Waals surface area contributed by atoms with E-state index in [1.807, 2.05) is 6.07 Å². The van der Waals surface area contributed by atoms with Crippen LogP contribution in [0.15, 0.2) is 53.7 Å². The summed E-state index contributed by atoms with van der Waals surface area (Å²) in [5.41, 5.74) is 3.46. The van der Waals surface area contributed by atoms with Crippen LogP contribution in [0.25, 0.3) is 0 Å². The molecule has 1 atom stereocenters. The highest BCUT2D eigenvalue weighted by Gasteiger charge is 2.61. The van der Waals surface area contributed by atoms with Gasteiger partial charge in [0.2, 0.25) is 5.72 Å². The van der Waals surface area contributed by atoms with E-state index in [0.717, 1.165) is 11.3 Å². The second-order valence-corrected chi connectivity index (χ2v) is 6.80. The number of hydrogen-bond acceptors (Lipinski definition) is 3. The van der Waals surface area contributed by atoms with Crippen LogP contribution in [-0.2, 0) is 10.3 Å². The van der Waals surface area contributed by atoms with E-state index in [0.29, 0.717) is 6.42 Å². The van der Waals surface area contributed by atoms with Gasteiger partial charge in [-0.05, 0) is 43.2 Å². The van der Waals surface area contributed by atoms with Gasteiger partial charge in [0.25, 0.3) is 0 Å². The van der Waals surface area contributed by atoms with Crippen LogP contribution in [0.4, 0.5) is 10.1 Å². The van der Waals surface area contributed by atoms with E-state index in [4.69, 9.17) is 4.84 Å². The SMILES string of the molecule is CN1c2ccccc2C(C)(C)[C@@]12CC(c1ccc(F)cc1)=NO2. The summed E-state index contributed by atoms with van der Waals surface area (Å²) < 4.78 is 13.2. The van der Waals surface area contributed by atoms with Crippen LogP contribution in [0, 0.1) is 5.82 Å². The van der Waals surface area contributed by atoms with Gasteiger partial charge in [-0.15, -0.1) is 0 Å². The summed E-state index contributed by atoms with van der Waals surface area (Å²) in [6.07, 6.45) is 0.664. The van der Waals surface area contributed by atoms with Crippen molar-refractivity contribution in [3.8, 4) is 0 Å². The summed E-state index contributed by atoms with van der Waals surface area (Å²) in [7, 11) is 2.05. The first-order valence-electron chi connectivity index (χ1n) is 7.80. The average Bonchev–Trinajstić information content (AvgIpc) is 3.07. The Kier molecular flexibility index (Phi) is 2.83. The van der Waals surface area contributed by atoms with Crippen LogP contribution in [0.5, 0.6) is 0 Å². The number of likely N-dealkylation sites (N-methyl/N-ethyl adjacent to an activating group) is 1. The van der Waals surface area contributed by atoms with Crippen molar-refractivity contribution in [2.24, 2.45) is 5.16 Å². The smallest absolute Gasteiger partial charge is 0.224 e. The number of halogens is 1. The quantitative estimate of drug-likeness (QED) is 0.793. The van der Waals surface area contributed by atoms with Crippen molar-refractivity contribution in [2.75, 3.05) is 11.9 Å². The van der Waals surface area contributed by atoms with Crippen molar-refractivity contribution >= 4 is 11.4 Å². The van der Waals surface area contributed by atoms with Crippen molar-refractivity contribution in [1.29, 1.82) is 0 Å². The average molecular weight is 310 g/mol. The Balaban J connectivity index is 1.73. The molecular formula is C19H19FN2O. The van der Waals surface area contributed by atoms with Gasteiger partial charge in [-0.2, -0.15) is 0 Å². The van der Waals surface area contributed by atoms with Gasteiger partial charge < -0.3 is 9.74 Å². The van der Waals surface area contributed by atoms with Crippen molar-refractivity contribution in [2.45, 2.75) is 31.4 Å². The van der Waals surface area contributed by atoms with E-state index < -0.39 is 5.72 Å². The summed E-state index contributed by atoms with van der Waals surface area (Å²) in [4.78, 5) is 8.21. The van der Waals surface area contributed by atoms with Crippen molar-refractivity contribution < 1.29 is 9.23 Å². The van der Waals surface area contributed by atoms with Crippen LogP contribution < -0.4 is 4.90 Å². The molecule has 0 amide bonds. The number of rotatable bonds is 1. The van der Waals surface area contributed by atoms with E-state index in [2.05, 4.69) is 49.1 Å². The second kappa shape index (κ2) is 4.57. The maximum absolute atomic E-state index is 13.2. The normalized spacial score (nSPS) is 24.5. The molecule has 118 valence electrons. The van der Waals surface area contributed by atoms with E-state index in [1.54, 1.807) is 12.1 Å². The summed E-state index contributed by atoms with van der Waals surface area (Å²) in [6, 6.07) is 14.8. The maximum atomic E-state index is 13.2. The zero-order chi connectivity index (χ0) is 16.2. The van der Waals surface area contributed by atoms with Crippen molar-refractivity contribution in [3.05, 3.63) is 65.5 Å². The summed E-state index contributed by atoms with van der Waals surface area (Å²) in [5, 5.41) is 4.35. The van der Waals surface area contributed by atoms with Gasteiger partial charge in [-0.3, -0.25) is 0 Å². The summed E-state index contributed by atoms with van der Waals surface area (Å²) in [6.45, 7) is 4.39. The van der Waals surface area contributed by atoms with Gasteiger partial charge in [-0.25, -0.2) is 4.39 Å². The Morgan fingerprint density at radius 1 is 1.09 bits per heavy atom. The van der Waals surface area contributed by atoms with Crippen LogP contribution in [0.1, 0.15) is 31.4 Å². The van der Waals surface area contributed by atoms with Gasteiger partial charge in [0.1, 0.15) is 5.82 Å². The highest BCUT2D eigenvalue weighted by Crippen LogP contribution is 2.55. The molecule has 3 nitrogen and oxygen atoms in total. The number of hydrogen-bond donors (Lipinski definition) is 0. The Hall–Kier alpha value is -2.36. The molecule has 1 spiro atoms. The molecule has 0 fully saturated rings. The lowest BCUT2D eigenvalue weighted by Crippen LogP contribution is -2.54. The molecular weight excluding hydrogens is 291 g/mol. The first kappa shape index (κ1) is 14.2. The fraction of sp³-hybridized carbons (Fsp3) is 0.316. The number of anilines is 1. The van der Waals surface area contributed by atoms with Gasteiger partial charge in [0, 0.05) is 12.7 Å². The Morgan fingerprint density at radius 2 is 1.78 bits per heavy atom. The highest BCUT2D eigenvalue weighted by atomic mass is 19.1. The third-order valence-electron chi connectivity index (χ3n) is 5.35. The van der Waals surface area contributed by atoms with Gasteiger partial charge in [0.15, 0.2) is 0 Å². The van der Waals surface area contributed by atoms with Crippen LogP contribution in [0.2, 0.25) is 0 Å². The molecule has 4 rings (SSSR count). The Bertz CT molecular complexity index is 797. The van der Waals surface area contributed by atoms with Crippen LogP contribution >= 0.6 is 0 Å². The minimum absolute atomic E-state index is 0.205. The Labute approximate surface area is 135 Å². The fourth-order valence-corrected chi connectivity index (χ4v) is 3.85. The third-order valence-corrected chi connectivity index (χ3v) is 5.35. The summed E-state index contributed by atoms with van der Waals surface area (Å²) in [5.74, 6) is -0.242. The fourth-order valence-electron chi connectivity index (χ4n) is 3.85. The Morgan fingerprint density at radius 3 is 2.48 bits per heavy atom. The second-order valence-electron chi connectivity index (χ2n) is 6.80. The lowest BCUT2D eigenvalue weighted by molar-refractivity contribution is -0.0591. The lowest BCUT2D eigenvalue weighted by atomic mass is 9.75. The van der Waals surface area contributed by atoms with Crippen molar-refractivity contribution in [1.82, 2.24) is 0 Å². The molecule has 0 bridgehead atoms. The molecule has 2 heterocycles. The predicted molar refractivity (Wildman–Crippen MR) is 89.2 cm³/mol. The van der Waals surface area contributed by atoms with Crippen LogP contribution in [-0.4, -0.2) is 18.5 Å². The zero-order valence-corrected chi connectivity index (χ0v) is 13.5. The minimum Gasteiger partial charge on any atom is -0.366 e. The van der Waals surface area contributed by atoms with Gasteiger partial charge in [-0.1, -0.05) is 35.5 Å². The topological polar surface area (TPSA) is 24.8 Å². The molecule has 0 saturated carbocycles. The molecule has 0 saturated heterocycles. The first-order chi connectivity index (χ1) is 11.0. The van der Waals surface area contributed by atoms with E-state index >= 15 is 0 Å². The van der Waals surface area contributed by atoms with Crippen LogP contribution in [0.3, 0.4) is 0 Å². The number of oxime groups is 1. The molecule has 0 N–H and O–H groups in total. The molecule has 0 aromatic heterocycles. The minimum atomic E-state index is -0.541. The standard InChI is InChI=1S/C19H19FN2O/c1-18(2)15-6-4-5-7-17(15)22(3)19(18)12-16(21-23-19)13-8-10-14(20)11-9-13/h4-11H,12H2,1-3H3/t19-/m0/s1.